The minimum absolute atomic E-state index is 0.00891. The van der Waals surface area contributed by atoms with Gasteiger partial charge < -0.3 is 34.0 Å². The molecule has 8 rings (SSSR count). The summed E-state index contributed by atoms with van der Waals surface area (Å²) in [6.45, 7) is 6.25. The number of allylic oxidation sites excluding steroid dienone is 1. The van der Waals surface area contributed by atoms with Crippen LogP contribution < -0.4 is 14.2 Å². The molecule has 1 aliphatic heterocycles. The third-order valence-corrected chi connectivity index (χ3v) is 13.5. The lowest BCUT2D eigenvalue weighted by Gasteiger charge is -2.59. The second kappa shape index (κ2) is 22.5. The monoisotopic (exact) mass is 954 g/mol. The molecule has 1 amide bonds. The summed E-state index contributed by atoms with van der Waals surface area (Å²) >= 11 is 0. The number of carbonyl (C=O) groups is 1. The predicted octanol–water partition coefficient (Wildman–Crippen LogP) is 11.2. The van der Waals surface area contributed by atoms with Gasteiger partial charge in [0.25, 0.3) is 11.4 Å². The standard InChI is InChI=1S/C54H58N4O12/c1-3-27-56(53(61)69-42-23-20-41(21-24-42)58(64)65)50-34-48(55-67-35-36-15-18-40(19-16-36)57(62)63)46-32-39(13-7-9-28-59)45(14-8-10-29-60)51-47-33-44(68-43-22-17-37-11-5-6-12-38(37)31-43)25-26-49(47)70-54(50,52(46)51)66-30-4-2/h4-6,11-12,15-26,31-33,39,45,50-52,59-60H,2-3,7-10,13-14,27-30,34-35H2,1H3/t39-,45+,50-,51+,52+,54+/m0/s1. The number of amides is 1. The smallest absolute Gasteiger partial charge is 0.415 e. The second-order valence-electron chi connectivity index (χ2n) is 17.9. The number of non-ortho nitro benzene ring substituents is 2. The normalized spacial score (nSPS) is 21.7. The molecule has 1 fully saturated rings. The molecule has 5 aromatic rings. The molecule has 1 saturated carbocycles. The van der Waals surface area contributed by atoms with E-state index in [1.807, 2.05) is 67.6 Å². The highest BCUT2D eigenvalue weighted by Gasteiger charge is 2.65. The van der Waals surface area contributed by atoms with Gasteiger partial charge in [-0.3, -0.25) is 25.1 Å². The first-order chi connectivity index (χ1) is 34.1. The number of nitro groups is 2. The fourth-order valence-corrected chi connectivity index (χ4v) is 10.4. The summed E-state index contributed by atoms with van der Waals surface area (Å²) < 4.78 is 27.1. The maximum Gasteiger partial charge on any atom is 0.415 e. The van der Waals surface area contributed by atoms with E-state index in [0.29, 0.717) is 47.8 Å². The highest BCUT2D eigenvalue weighted by molar-refractivity contribution is 6.03. The number of oxime groups is 1. The molecule has 2 N–H and O–H groups in total. The van der Waals surface area contributed by atoms with Crippen LogP contribution in [-0.2, 0) is 16.2 Å². The lowest BCUT2D eigenvalue weighted by Crippen LogP contribution is -2.70. The zero-order valence-electron chi connectivity index (χ0n) is 39.1. The fraction of sp³-hybridized carbons (Fsp3) is 0.370. The third-order valence-electron chi connectivity index (χ3n) is 13.5. The van der Waals surface area contributed by atoms with Crippen molar-refractivity contribution in [1.29, 1.82) is 0 Å². The maximum atomic E-state index is 14.8. The number of carbonyl (C=O) groups excluding carboxylic acids is 1. The number of aliphatic hydroxyl groups excluding tert-OH is 2. The summed E-state index contributed by atoms with van der Waals surface area (Å²) in [5.74, 6) is -0.756. The Morgan fingerprint density at radius 2 is 1.51 bits per heavy atom. The quantitative estimate of drug-likeness (QED) is 0.0288. The molecule has 16 nitrogen and oxygen atoms in total. The number of unbranched alkanes of at least 4 members (excludes halogenated alkanes) is 2. The SMILES string of the molecule is C=CCO[C@@]12Oc3ccc(Oc4ccc5ccccc5c4)cc3[C@H]3[C@H](CCCCO)[C@@H](CCCCO)C=C(C(=NOCc4ccc([N+](=O)[O-])cc4)C[C@@H]1N(CCC)C(=O)Oc1ccc([N+](=O)[O-])cc1)[C@H]32. The Hall–Kier alpha value is -7.14. The molecule has 5 aromatic carbocycles. The lowest BCUT2D eigenvalue weighted by atomic mass is 9.55. The molecule has 16 heteroatoms. The molecule has 2 aliphatic carbocycles. The van der Waals surface area contributed by atoms with Gasteiger partial charge in [-0.2, -0.15) is 0 Å². The van der Waals surface area contributed by atoms with Gasteiger partial charge in [-0.15, -0.1) is 6.58 Å². The van der Waals surface area contributed by atoms with E-state index in [1.165, 1.54) is 36.4 Å². The maximum absolute atomic E-state index is 14.8. The summed E-state index contributed by atoms with van der Waals surface area (Å²) in [5, 5.41) is 49.9. The number of aliphatic hydroxyl groups is 2. The van der Waals surface area contributed by atoms with E-state index in [0.717, 1.165) is 47.6 Å². The Kier molecular flexibility index (Phi) is 15.9. The molecular formula is C54H58N4O12. The van der Waals surface area contributed by atoms with Crippen LogP contribution in [0.5, 0.6) is 23.0 Å². The Bertz CT molecular complexity index is 2730. The van der Waals surface area contributed by atoms with Crippen LogP contribution in [-0.4, -0.2) is 75.0 Å². The van der Waals surface area contributed by atoms with Gasteiger partial charge in [0.05, 0.1) is 28.1 Å². The van der Waals surface area contributed by atoms with Gasteiger partial charge >= 0.3 is 6.09 Å². The largest absolute Gasteiger partial charge is 0.459 e. The summed E-state index contributed by atoms with van der Waals surface area (Å²) in [4.78, 5) is 44.4. The van der Waals surface area contributed by atoms with Gasteiger partial charge in [-0.1, -0.05) is 67.4 Å². The van der Waals surface area contributed by atoms with Crippen molar-refractivity contribution in [3.05, 3.63) is 165 Å². The summed E-state index contributed by atoms with van der Waals surface area (Å²) in [7, 11) is 0. The van der Waals surface area contributed by atoms with Crippen molar-refractivity contribution in [3.8, 4) is 23.0 Å². The number of rotatable bonds is 22. The Morgan fingerprint density at radius 1 is 0.857 bits per heavy atom. The molecular weight excluding hydrogens is 897 g/mol. The zero-order valence-corrected chi connectivity index (χ0v) is 39.1. The van der Waals surface area contributed by atoms with Crippen LogP contribution in [0.2, 0.25) is 0 Å². The first-order valence-corrected chi connectivity index (χ1v) is 23.9. The number of ether oxygens (including phenoxy) is 4. The van der Waals surface area contributed by atoms with Gasteiger partial charge in [0.15, 0.2) is 0 Å². The molecule has 70 heavy (non-hydrogen) atoms. The number of fused-ring (bicyclic) bond motifs is 3. The van der Waals surface area contributed by atoms with Gasteiger partial charge in [-0.05, 0) is 120 Å². The summed E-state index contributed by atoms with van der Waals surface area (Å²) in [5.41, 5.74) is 2.67. The third kappa shape index (κ3) is 10.7. The first kappa shape index (κ1) is 49.3. The molecule has 0 spiro atoms. The number of hydrogen-bond donors (Lipinski definition) is 2. The minimum Gasteiger partial charge on any atom is -0.459 e. The molecule has 0 aromatic heterocycles. The van der Waals surface area contributed by atoms with E-state index < -0.39 is 33.7 Å². The average Bonchev–Trinajstić information content (AvgIpc) is 3.36. The molecule has 6 atom stereocenters. The van der Waals surface area contributed by atoms with Crippen LogP contribution in [0.15, 0.2) is 139 Å². The Morgan fingerprint density at radius 3 is 2.20 bits per heavy atom. The van der Waals surface area contributed by atoms with Crippen LogP contribution in [0.25, 0.3) is 10.8 Å². The Balaban J connectivity index is 1.30. The minimum atomic E-state index is -1.58. The van der Waals surface area contributed by atoms with Gasteiger partial charge in [0, 0.05) is 61.9 Å². The topological polar surface area (TPSA) is 206 Å². The molecule has 1 heterocycles. The van der Waals surface area contributed by atoms with E-state index in [9.17, 15) is 35.2 Å². The van der Waals surface area contributed by atoms with E-state index in [1.54, 1.807) is 23.1 Å². The van der Waals surface area contributed by atoms with Crippen molar-refractivity contribution >= 4 is 34.0 Å². The van der Waals surface area contributed by atoms with E-state index in [2.05, 4.69) is 12.7 Å². The van der Waals surface area contributed by atoms with Crippen LogP contribution in [0.3, 0.4) is 0 Å². The Labute approximate surface area is 406 Å². The van der Waals surface area contributed by atoms with Crippen molar-refractivity contribution in [2.45, 2.75) is 82.6 Å². The van der Waals surface area contributed by atoms with Crippen molar-refractivity contribution in [2.75, 3.05) is 26.4 Å². The number of benzene rings is 5. The lowest BCUT2D eigenvalue weighted by molar-refractivity contribution is -0.385. The van der Waals surface area contributed by atoms with Gasteiger partial charge in [-0.25, -0.2) is 4.79 Å². The molecule has 0 radical (unpaired) electrons. The highest BCUT2D eigenvalue weighted by Crippen LogP contribution is 2.62. The van der Waals surface area contributed by atoms with Gasteiger partial charge in [0.1, 0.15) is 35.6 Å². The van der Waals surface area contributed by atoms with Crippen LogP contribution in [0.4, 0.5) is 16.2 Å². The van der Waals surface area contributed by atoms with Crippen molar-refractivity contribution in [2.24, 2.45) is 22.9 Å². The van der Waals surface area contributed by atoms with Crippen molar-refractivity contribution < 1.29 is 48.6 Å². The predicted molar refractivity (Wildman–Crippen MR) is 263 cm³/mol. The van der Waals surface area contributed by atoms with Crippen molar-refractivity contribution in [3.63, 3.8) is 0 Å². The van der Waals surface area contributed by atoms with Crippen LogP contribution >= 0.6 is 0 Å². The van der Waals surface area contributed by atoms with Crippen LogP contribution in [0.1, 0.15) is 75.3 Å². The second-order valence-corrected chi connectivity index (χ2v) is 17.9. The van der Waals surface area contributed by atoms with Gasteiger partial charge in [0.2, 0.25) is 5.79 Å². The molecule has 366 valence electrons. The summed E-state index contributed by atoms with van der Waals surface area (Å²) in [6, 6.07) is 30.2. The van der Waals surface area contributed by atoms with E-state index in [-0.39, 0.29) is 74.3 Å². The average molecular weight is 955 g/mol. The number of nitrogens with zero attached hydrogens (tertiary/aromatic N) is 4. The fourth-order valence-electron chi connectivity index (χ4n) is 10.4. The zero-order chi connectivity index (χ0) is 49.2. The number of hydrogen-bond acceptors (Lipinski definition) is 13. The summed E-state index contributed by atoms with van der Waals surface area (Å²) in [6.07, 6.45) is 7.86. The highest BCUT2D eigenvalue weighted by atomic mass is 16.7. The molecule has 0 unspecified atom stereocenters. The molecule has 0 saturated heterocycles. The first-order valence-electron chi connectivity index (χ1n) is 23.9. The van der Waals surface area contributed by atoms with Crippen molar-refractivity contribution in [1.82, 2.24) is 4.90 Å². The van der Waals surface area contributed by atoms with E-state index >= 15 is 0 Å². The number of nitro benzene ring substituents is 2. The molecule has 0 bridgehead atoms. The molecule has 3 aliphatic rings. The van der Waals surface area contributed by atoms with E-state index in [4.69, 9.17) is 28.9 Å². The van der Waals surface area contributed by atoms with Crippen LogP contribution in [0, 0.1) is 38.0 Å².